The van der Waals surface area contributed by atoms with Gasteiger partial charge in [0, 0.05) is 19.6 Å². The van der Waals surface area contributed by atoms with E-state index in [2.05, 4.69) is 67.3 Å². The molecule has 0 spiro atoms. The first-order valence-electron chi connectivity index (χ1n) is 8.00. The van der Waals surface area contributed by atoms with E-state index in [0.29, 0.717) is 6.54 Å². The van der Waals surface area contributed by atoms with E-state index in [-0.39, 0.29) is 5.92 Å². The Balaban J connectivity index is 2.13. The highest BCUT2D eigenvalue weighted by molar-refractivity contribution is 5.17. The van der Waals surface area contributed by atoms with Gasteiger partial charge in [0.05, 0.1) is 5.60 Å². The summed E-state index contributed by atoms with van der Waals surface area (Å²) in [5.41, 5.74) is 1.86. The zero-order valence-electron chi connectivity index (χ0n) is 13.9. The first kappa shape index (κ1) is 16.7. The lowest BCUT2D eigenvalue weighted by molar-refractivity contribution is -0.0229. The van der Waals surface area contributed by atoms with Gasteiger partial charge in [0.15, 0.2) is 0 Å². The van der Waals surface area contributed by atoms with Crippen LogP contribution in [0.2, 0.25) is 0 Å². The lowest BCUT2D eigenvalue weighted by Gasteiger charge is -2.34. The Kier molecular flexibility index (Phi) is 5.76. The molecule has 0 heterocycles. The van der Waals surface area contributed by atoms with Crippen LogP contribution in [0.15, 0.2) is 60.7 Å². The van der Waals surface area contributed by atoms with Gasteiger partial charge >= 0.3 is 0 Å². The van der Waals surface area contributed by atoms with Crippen LogP contribution in [-0.4, -0.2) is 22.2 Å². The Bertz CT molecular complexity index is 507. The molecule has 0 radical (unpaired) electrons. The third-order valence-electron chi connectivity index (χ3n) is 4.29. The maximum Gasteiger partial charge on any atom is 0.0769 e. The highest BCUT2D eigenvalue weighted by Gasteiger charge is 2.27. The molecule has 0 aliphatic heterocycles. The normalized spacial score (nSPS) is 14.3. The molecule has 0 aromatic heterocycles. The molecule has 1 N–H and O–H groups in total. The van der Waals surface area contributed by atoms with Gasteiger partial charge in [-0.15, -0.1) is 0 Å². The molecule has 2 heteroatoms. The summed E-state index contributed by atoms with van der Waals surface area (Å²) in [4.78, 5) is 2.32. The molecule has 2 aromatic rings. The second-order valence-corrected chi connectivity index (χ2v) is 6.63. The quantitative estimate of drug-likeness (QED) is 0.832. The van der Waals surface area contributed by atoms with E-state index in [1.807, 2.05) is 19.1 Å². The standard InChI is InChI=1S/C20H27NO/c1-17(2)20(3,22)16-21(14-18-10-6-4-7-11-18)15-19-12-8-5-9-13-19/h4-13,17,22H,14-16H2,1-3H3. The predicted molar refractivity (Wildman–Crippen MR) is 92.5 cm³/mol. The maximum absolute atomic E-state index is 10.7. The van der Waals surface area contributed by atoms with Crippen molar-refractivity contribution in [3.8, 4) is 0 Å². The summed E-state index contributed by atoms with van der Waals surface area (Å²) in [6.45, 7) is 8.43. The third kappa shape index (κ3) is 4.97. The molecule has 0 saturated heterocycles. The Labute approximate surface area is 134 Å². The Hall–Kier alpha value is -1.64. The second-order valence-electron chi connectivity index (χ2n) is 6.63. The Morgan fingerprint density at radius 1 is 0.864 bits per heavy atom. The lowest BCUT2D eigenvalue weighted by Crippen LogP contribution is -2.44. The first-order valence-corrected chi connectivity index (χ1v) is 8.00. The van der Waals surface area contributed by atoms with Crippen molar-refractivity contribution < 1.29 is 5.11 Å². The van der Waals surface area contributed by atoms with Crippen molar-refractivity contribution >= 4 is 0 Å². The molecule has 2 nitrogen and oxygen atoms in total. The van der Waals surface area contributed by atoms with Crippen LogP contribution < -0.4 is 0 Å². The average molecular weight is 297 g/mol. The van der Waals surface area contributed by atoms with E-state index in [4.69, 9.17) is 0 Å². The molecule has 22 heavy (non-hydrogen) atoms. The van der Waals surface area contributed by atoms with E-state index in [0.717, 1.165) is 13.1 Å². The van der Waals surface area contributed by atoms with Crippen molar-refractivity contribution in [1.82, 2.24) is 4.90 Å². The summed E-state index contributed by atoms with van der Waals surface area (Å²) in [6, 6.07) is 20.9. The molecule has 2 aromatic carbocycles. The zero-order chi connectivity index (χ0) is 16.0. The molecule has 0 saturated carbocycles. The summed E-state index contributed by atoms with van der Waals surface area (Å²) in [6.07, 6.45) is 0. The highest BCUT2D eigenvalue weighted by atomic mass is 16.3. The minimum Gasteiger partial charge on any atom is -0.389 e. The Morgan fingerprint density at radius 3 is 1.64 bits per heavy atom. The monoisotopic (exact) mass is 297 g/mol. The van der Waals surface area contributed by atoms with E-state index in [1.165, 1.54) is 11.1 Å². The van der Waals surface area contributed by atoms with Crippen molar-refractivity contribution in [2.24, 2.45) is 5.92 Å². The highest BCUT2D eigenvalue weighted by Crippen LogP contribution is 2.20. The fourth-order valence-corrected chi connectivity index (χ4v) is 2.49. The van der Waals surface area contributed by atoms with Gasteiger partial charge in [0.2, 0.25) is 0 Å². The number of benzene rings is 2. The first-order chi connectivity index (χ1) is 10.5. The van der Waals surface area contributed by atoms with Gasteiger partial charge in [-0.2, -0.15) is 0 Å². The molecule has 1 atom stereocenters. The van der Waals surface area contributed by atoms with Gasteiger partial charge in [-0.3, -0.25) is 4.90 Å². The predicted octanol–water partition coefficient (Wildman–Crippen LogP) is 4.10. The van der Waals surface area contributed by atoms with E-state index in [1.54, 1.807) is 0 Å². The van der Waals surface area contributed by atoms with Crippen molar-refractivity contribution in [3.05, 3.63) is 71.8 Å². The number of aliphatic hydroxyl groups is 1. The molecular formula is C20H27NO. The van der Waals surface area contributed by atoms with Crippen molar-refractivity contribution in [2.45, 2.75) is 39.5 Å². The number of hydrogen-bond acceptors (Lipinski definition) is 2. The van der Waals surface area contributed by atoms with Crippen LogP contribution in [-0.2, 0) is 13.1 Å². The second kappa shape index (κ2) is 7.57. The molecule has 2 rings (SSSR count). The summed E-state index contributed by atoms with van der Waals surface area (Å²) in [5, 5.41) is 10.7. The van der Waals surface area contributed by atoms with Crippen LogP contribution in [0, 0.1) is 5.92 Å². The summed E-state index contributed by atoms with van der Waals surface area (Å²) < 4.78 is 0. The van der Waals surface area contributed by atoms with Crippen molar-refractivity contribution in [1.29, 1.82) is 0 Å². The van der Waals surface area contributed by atoms with Crippen LogP contribution in [0.4, 0.5) is 0 Å². The SMILES string of the molecule is CC(C)C(C)(O)CN(Cc1ccccc1)Cc1ccccc1. The van der Waals surface area contributed by atoms with Crippen LogP contribution in [0.5, 0.6) is 0 Å². The largest absolute Gasteiger partial charge is 0.389 e. The molecule has 0 bridgehead atoms. The summed E-state index contributed by atoms with van der Waals surface area (Å²) in [7, 11) is 0. The maximum atomic E-state index is 10.7. The molecule has 0 amide bonds. The Morgan fingerprint density at radius 2 is 1.27 bits per heavy atom. The average Bonchev–Trinajstić information content (AvgIpc) is 2.48. The van der Waals surface area contributed by atoms with Gasteiger partial charge < -0.3 is 5.11 Å². The smallest absolute Gasteiger partial charge is 0.0769 e. The molecular weight excluding hydrogens is 270 g/mol. The van der Waals surface area contributed by atoms with Crippen LogP contribution in [0.1, 0.15) is 31.9 Å². The van der Waals surface area contributed by atoms with Gasteiger partial charge in [0.25, 0.3) is 0 Å². The van der Waals surface area contributed by atoms with Crippen molar-refractivity contribution in [2.75, 3.05) is 6.54 Å². The topological polar surface area (TPSA) is 23.5 Å². The summed E-state index contributed by atoms with van der Waals surface area (Å²) in [5.74, 6) is 0.224. The molecule has 0 fully saturated rings. The van der Waals surface area contributed by atoms with Crippen LogP contribution in [0.3, 0.4) is 0 Å². The van der Waals surface area contributed by atoms with E-state index >= 15 is 0 Å². The van der Waals surface area contributed by atoms with Crippen molar-refractivity contribution in [3.63, 3.8) is 0 Å². The lowest BCUT2D eigenvalue weighted by atomic mass is 9.91. The minimum atomic E-state index is -0.691. The minimum absolute atomic E-state index is 0.224. The number of rotatable bonds is 7. The third-order valence-corrected chi connectivity index (χ3v) is 4.29. The molecule has 118 valence electrons. The number of nitrogens with zero attached hydrogens (tertiary/aromatic N) is 1. The van der Waals surface area contributed by atoms with E-state index in [9.17, 15) is 5.11 Å². The van der Waals surface area contributed by atoms with Gasteiger partial charge in [-0.25, -0.2) is 0 Å². The van der Waals surface area contributed by atoms with Gasteiger partial charge in [-0.05, 0) is 24.0 Å². The molecule has 0 aliphatic rings. The van der Waals surface area contributed by atoms with Crippen LogP contribution in [0.25, 0.3) is 0 Å². The van der Waals surface area contributed by atoms with Gasteiger partial charge in [-0.1, -0.05) is 74.5 Å². The summed E-state index contributed by atoms with van der Waals surface area (Å²) >= 11 is 0. The van der Waals surface area contributed by atoms with Gasteiger partial charge in [0.1, 0.15) is 0 Å². The van der Waals surface area contributed by atoms with Crippen LogP contribution >= 0.6 is 0 Å². The fourth-order valence-electron chi connectivity index (χ4n) is 2.49. The fraction of sp³-hybridized carbons (Fsp3) is 0.400. The molecule has 1 unspecified atom stereocenters. The zero-order valence-corrected chi connectivity index (χ0v) is 13.9. The number of hydrogen-bond donors (Lipinski definition) is 1. The molecule has 0 aliphatic carbocycles. The van der Waals surface area contributed by atoms with E-state index < -0.39 is 5.60 Å².